The van der Waals surface area contributed by atoms with E-state index >= 15 is 0 Å². The van der Waals surface area contributed by atoms with Crippen molar-refractivity contribution >= 4 is 33.1 Å². The molecule has 1 aliphatic carbocycles. The van der Waals surface area contributed by atoms with Crippen LogP contribution in [0.5, 0.6) is 0 Å². The van der Waals surface area contributed by atoms with Crippen molar-refractivity contribution in [2.75, 3.05) is 5.32 Å². The molecule has 1 aliphatic rings. The van der Waals surface area contributed by atoms with Gasteiger partial charge in [0.25, 0.3) is 0 Å². The van der Waals surface area contributed by atoms with Gasteiger partial charge >= 0.3 is 0 Å². The Morgan fingerprint density at radius 3 is 3.05 bits per heavy atom. The van der Waals surface area contributed by atoms with Crippen LogP contribution in [0.15, 0.2) is 18.2 Å². The third-order valence-electron chi connectivity index (χ3n) is 3.12. The van der Waals surface area contributed by atoms with Crippen LogP contribution in [0.4, 0.5) is 5.69 Å². The molecule has 0 bridgehead atoms. The van der Waals surface area contributed by atoms with Gasteiger partial charge in [-0.3, -0.25) is 4.79 Å². The number of fused-ring (bicyclic) bond motifs is 1. The largest absolute Gasteiger partial charge is 0.327 e. The van der Waals surface area contributed by atoms with Crippen LogP contribution in [0.2, 0.25) is 0 Å². The van der Waals surface area contributed by atoms with Crippen LogP contribution in [0.25, 0.3) is 10.2 Å². The first-order valence-electron chi connectivity index (χ1n) is 6.58. The maximum absolute atomic E-state index is 11.7. The molecule has 0 spiro atoms. The summed E-state index contributed by atoms with van der Waals surface area (Å²) < 4.78 is 1.14. The van der Waals surface area contributed by atoms with Crippen LogP contribution < -0.4 is 11.1 Å². The first-order valence-corrected chi connectivity index (χ1v) is 7.39. The number of thiazole rings is 1. The van der Waals surface area contributed by atoms with E-state index in [0.717, 1.165) is 15.9 Å². The van der Waals surface area contributed by atoms with Crippen LogP contribution in [-0.4, -0.2) is 16.9 Å². The quantitative estimate of drug-likeness (QED) is 0.901. The molecular formula is C14H17N3OS. The van der Waals surface area contributed by atoms with Gasteiger partial charge in [0.15, 0.2) is 0 Å². The smallest absolute Gasteiger partial charge is 0.225 e. The van der Waals surface area contributed by atoms with Gasteiger partial charge in [0.2, 0.25) is 5.91 Å². The van der Waals surface area contributed by atoms with Gasteiger partial charge in [0.05, 0.1) is 15.2 Å². The third-order valence-corrected chi connectivity index (χ3v) is 4.30. The number of carbonyl (C=O) groups excluding carboxylic acids is 1. The van der Waals surface area contributed by atoms with Gasteiger partial charge in [-0.05, 0) is 38.0 Å². The molecule has 100 valence electrons. The van der Waals surface area contributed by atoms with E-state index in [1.165, 1.54) is 17.8 Å². The Morgan fingerprint density at radius 2 is 2.37 bits per heavy atom. The average Bonchev–Trinajstić information content (AvgIpc) is 3.08. The third kappa shape index (κ3) is 2.93. The molecule has 3 rings (SSSR count). The fourth-order valence-corrected chi connectivity index (χ4v) is 3.21. The standard InChI is InChI=1S/C14H17N3OS/c1-8(15)6-13(18)16-10-4-5-11-12(7-10)19-14(17-11)9-2-3-9/h4-5,7-9H,2-3,6,15H2,1H3,(H,16,18). The first kappa shape index (κ1) is 12.6. The molecule has 1 unspecified atom stereocenters. The molecule has 3 N–H and O–H groups in total. The predicted molar refractivity (Wildman–Crippen MR) is 78.5 cm³/mol. The minimum absolute atomic E-state index is 0.0405. The molecule has 1 aromatic heterocycles. The molecule has 1 amide bonds. The lowest BCUT2D eigenvalue weighted by atomic mass is 10.2. The zero-order valence-electron chi connectivity index (χ0n) is 10.8. The molecule has 19 heavy (non-hydrogen) atoms. The maximum Gasteiger partial charge on any atom is 0.225 e. The lowest BCUT2D eigenvalue weighted by Gasteiger charge is -2.06. The van der Waals surface area contributed by atoms with Crippen LogP contribution >= 0.6 is 11.3 Å². The molecule has 1 saturated carbocycles. The number of aromatic nitrogens is 1. The van der Waals surface area contributed by atoms with Crippen molar-refractivity contribution in [1.82, 2.24) is 4.98 Å². The fourth-order valence-electron chi connectivity index (χ4n) is 2.03. The van der Waals surface area contributed by atoms with Gasteiger partial charge in [-0.25, -0.2) is 4.98 Å². The van der Waals surface area contributed by atoms with E-state index in [2.05, 4.69) is 10.3 Å². The zero-order valence-corrected chi connectivity index (χ0v) is 11.7. The normalized spacial score (nSPS) is 16.5. The number of amides is 1. The van der Waals surface area contributed by atoms with Gasteiger partial charge in [0.1, 0.15) is 0 Å². The second-order valence-electron chi connectivity index (χ2n) is 5.24. The van der Waals surface area contributed by atoms with E-state index in [0.29, 0.717) is 12.3 Å². The number of anilines is 1. The Hall–Kier alpha value is -1.46. The second kappa shape index (κ2) is 4.90. The molecule has 2 aromatic rings. The van der Waals surface area contributed by atoms with E-state index < -0.39 is 0 Å². The summed E-state index contributed by atoms with van der Waals surface area (Å²) in [6.45, 7) is 1.83. The predicted octanol–water partition coefficient (Wildman–Crippen LogP) is 2.85. The van der Waals surface area contributed by atoms with E-state index in [-0.39, 0.29) is 11.9 Å². The van der Waals surface area contributed by atoms with Crippen LogP contribution in [0, 0.1) is 0 Å². The number of hydrogen-bond donors (Lipinski definition) is 2. The maximum atomic E-state index is 11.7. The Morgan fingerprint density at radius 1 is 1.58 bits per heavy atom. The van der Waals surface area contributed by atoms with Crippen molar-refractivity contribution in [3.05, 3.63) is 23.2 Å². The van der Waals surface area contributed by atoms with Crippen LogP contribution in [-0.2, 0) is 4.79 Å². The van der Waals surface area contributed by atoms with E-state index in [4.69, 9.17) is 5.73 Å². The number of nitrogens with zero attached hydrogens (tertiary/aromatic N) is 1. The lowest BCUT2D eigenvalue weighted by molar-refractivity contribution is -0.116. The van der Waals surface area contributed by atoms with Gasteiger partial charge < -0.3 is 11.1 Å². The van der Waals surface area contributed by atoms with E-state index in [1.807, 2.05) is 25.1 Å². The summed E-state index contributed by atoms with van der Waals surface area (Å²) in [6.07, 6.45) is 2.86. The number of nitrogens with two attached hydrogens (primary N) is 1. The minimum Gasteiger partial charge on any atom is -0.327 e. The summed E-state index contributed by atoms with van der Waals surface area (Å²) in [7, 11) is 0. The molecule has 0 saturated heterocycles. The summed E-state index contributed by atoms with van der Waals surface area (Å²) in [5.41, 5.74) is 7.46. The van der Waals surface area contributed by atoms with Gasteiger partial charge in [-0.2, -0.15) is 0 Å². The summed E-state index contributed by atoms with van der Waals surface area (Å²) in [5.74, 6) is 0.634. The van der Waals surface area contributed by atoms with Crippen LogP contribution in [0.3, 0.4) is 0 Å². The topological polar surface area (TPSA) is 68.0 Å². The summed E-state index contributed by atoms with van der Waals surface area (Å²) in [6, 6.07) is 5.75. The van der Waals surface area contributed by atoms with Crippen molar-refractivity contribution < 1.29 is 4.79 Å². The average molecular weight is 275 g/mol. The van der Waals surface area contributed by atoms with Gasteiger partial charge in [-0.15, -0.1) is 11.3 Å². The Labute approximate surface area is 116 Å². The molecule has 5 heteroatoms. The Bertz CT molecular complexity index is 616. The minimum atomic E-state index is -0.117. The molecule has 0 aliphatic heterocycles. The van der Waals surface area contributed by atoms with Gasteiger partial charge in [-0.1, -0.05) is 0 Å². The molecule has 1 fully saturated rings. The monoisotopic (exact) mass is 275 g/mol. The highest BCUT2D eigenvalue weighted by atomic mass is 32.1. The van der Waals surface area contributed by atoms with Gasteiger partial charge in [0, 0.05) is 24.1 Å². The molecular weight excluding hydrogens is 258 g/mol. The van der Waals surface area contributed by atoms with Crippen molar-refractivity contribution in [2.24, 2.45) is 5.73 Å². The number of hydrogen-bond acceptors (Lipinski definition) is 4. The number of nitrogens with one attached hydrogen (secondary N) is 1. The molecule has 4 nitrogen and oxygen atoms in total. The second-order valence-corrected chi connectivity index (χ2v) is 6.30. The first-order chi connectivity index (χ1) is 9.11. The van der Waals surface area contributed by atoms with Crippen molar-refractivity contribution in [1.29, 1.82) is 0 Å². The van der Waals surface area contributed by atoms with E-state index in [9.17, 15) is 4.79 Å². The van der Waals surface area contributed by atoms with E-state index in [1.54, 1.807) is 11.3 Å². The number of benzene rings is 1. The number of carbonyl (C=O) groups is 1. The Balaban J connectivity index is 1.78. The van der Waals surface area contributed by atoms with Crippen molar-refractivity contribution in [2.45, 2.75) is 38.1 Å². The Kier molecular flexibility index (Phi) is 3.24. The molecule has 0 radical (unpaired) electrons. The highest BCUT2D eigenvalue weighted by molar-refractivity contribution is 7.18. The molecule has 1 heterocycles. The molecule has 1 atom stereocenters. The van der Waals surface area contributed by atoms with Crippen molar-refractivity contribution in [3.8, 4) is 0 Å². The summed E-state index contributed by atoms with van der Waals surface area (Å²) in [5, 5.41) is 4.11. The highest BCUT2D eigenvalue weighted by Gasteiger charge is 2.26. The number of rotatable bonds is 4. The summed E-state index contributed by atoms with van der Waals surface area (Å²) in [4.78, 5) is 16.3. The zero-order chi connectivity index (χ0) is 13.4. The summed E-state index contributed by atoms with van der Waals surface area (Å²) >= 11 is 1.74. The fraction of sp³-hybridized carbons (Fsp3) is 0.429. The van der Waals surface area contributed by atoms with Crippen LogP contribution in [0.1, 0.15) is 37.1 Å². The molecule has 1 aromatic carbocycles. The highest BCUT2D eigenvalue weighted by Crippen LogP contribution is 2.43. The SMILES string of the molecule is CC(N)CC(=O)Nc1ccc2nc(C3CC3)sc2c1. The lowest BCUT2D eigenvalue weighted by Crippen LogP contribution is -2.23. The van der Waals surface area contributed by atoms with Crippen molar-refractivity contribution in [3.63, 3.8) is 0 Å².